The average Bonchev–Trinajstić information content (AvgIpc) is 2.19. The molecule has 0 aliphatic heterocycles. The molecule has 82 valence electrons. The number of allylic oxidation sites excluding steroid dienone is 1. The van der Waals surface area contributed by atoms with E-state index in [4.69, 9.17) is 0 Å². The molecule has 0 radical (unpaired) electrons. The van der Waals surface area contributed by atoms with Gasteiger partial charge in [-0.25, -0.2) is 0 Å². The van der Waals surface area contributed by atoms with Crippen LogP contribution in [-0.2, 0) is 0 Å². The fraction of sp³-hybridized carbons (Fsp3) is 0.333. The third-order valence-electron chi connectivity index (χ3n) is 2.14. The van der Waals surface area contributed by atoms with E-state index >= 15 is 0 Å². The van der Waals surface area contributed by atoms with Gasteiger partial charge < -0.3 is 5.32 Å². The minimum Gasteiger partial charge on any atom is -0.382 e. The first-order valence-electron chi connectivity index (χ1n) is 4.96. The van der Waals surface area contributed by atoms with E-state index in [0.717, 1.165) is 27.5 Å². The van der Waals surface area contributed by atoms with E-state index in [1.807, 2.05) is 18.2 Å². The second kappa shape index (κ2) is 6.33. The third kappa shape index (κ3) is 4.39. The standard InChI is InChI=1S/C12H15Br2N/c1-3-4-5-9(2)15-12-7-6-10(13)8-11(12)14/h3,6-9,15H,1,4-5H2,2H3. The number of rotatable bonds is 5. The van der Waals surface area contributed by atoms with Gasteiger partial charge in [0.15, 0.2) is 0 Å². The number of halogens is 2. The number of hydrogen-bond acceptors (Lipinski definition) is 1. The smallest absolute Gasteiger partial charge is 0.0487 e. The first-order chi connectivity index (χ1) is 7.13. The van der Waals surface area contributed by atoms with Crippen molar-refractivity contribution in [2.24, 2.45) is 0 Å². The van der Waals surface area contributed by atoms with Crippen LogP contribution in [0.1, 0.15) is 19.8 Å². The van der Waals surface area contributed by atoms with Crippen molar-refractivity contribution in [3.63, 3.8) is 0 Å². The van der Waals surface area contributed by atoms with Gasteiger partial charge in [-0.1, -0.05) is 22.0 Å². The maximum Gasteiger partial charge on any atom is 0.0487 e. The molecular formula is C12H15Br2N. The van der Waals surface area contributed by atoms with Gasteiger partial charge in [0.2, 0.25) is 0 Å². The normalized spacial score (nSPS) is 12.2. The monoisotopic (exact) mass is 331 g/mol. The Balaban J connectivity index is 2.59. The zero-order chi connectivity index (χ0) is 11.3. The van der Waals surface area contributed by atoms with Crippen molar-refractivity contribution in [3.05, 3.63) is 39.8 Å². The second-order valence-electron chi connectivity index (χ2n) is 3.54. The van der Waals surface area contributed by atoms with Crippen LogP contribution in [0.15, 0.2) is 39.8 Å². The molecule has 1 aromatic carbocycles. The molecule has 0 aliphatic carbocycles. The van der Waals surface area contributed by atoms with Crippen molar-refractivity contribution in [2.75, 3.05) is 5.32 Å². The highest BCUT2D eigenvalue weighted by atomic mass is 79.9. The van der Waals surface area contributed by atoms with Gasteiger partial charge in [0, 0.05) is 20.7 Å². The number of benzene rings is 1. The van der Waals surface area contributed by atoms with Gasteiger partial charge in [0.25, 0.3) is 0 Å². The molecular weight excluding hydrogens is 318 g/mol. The van der Waals surface area contributed by atoms with Crippen LogP contribution < -0.4 is 5.32 Å². The van der Waals surface area contributed by atoms with E-state index in [-0.39, 0.29) is 0 Å². The van der Waals surface area contributed by atoms with Gasteiger partial charge in [0.05, 0.1) is 0 Å². The molecule has 0 saturated carbocycles. The lowest BCUT2D eigenvalue weighted by Gasteiger charge is -2.15. The predicted octanol–water partition coefficient (Wildman–Crippen LogP) is 4.98. The van der Waals surface area contributed by atoms with Crippen LogP contribution in [0.2, 0.25) is 0 Å². The van der Waals surface area contributed by atoms with E-state index in [1.54, 1.807) is 0 Å². The van der Waals surface area contributed by atoms with Gasteiger partial charge in [-0.3, -0.25) is 0 Å². The molecule has 0 saturated heterocycles. The molecule has 1 rings (SSSR count). The van der Waals surface area contributed by atoms with E-state index < -0.39 is 0 Å². The summed E-state index contributed by atoms with van der Waals surface area (Å²) in [6, 6.07) is 6.61. The number of anilines is 1. The zero-order valence-electron chi connectivity index (χ0n) is 8.76. The summed E-state index contributed by atoms with van der Waals surface area (Å²) in [5.74, 6) is 0. The molecule has 0 fully saturated rings. The highest BCUT2D eigenvalue weighted by Gasteiger charge is 2.04. The topological polar surface area (TPSA) is 12.0 Å². The number of nitrogens with one attached hydrogen (secondary N) is 1. The summed E-state index contributed by atoms with van der Waals surface area (Å²) in [7, 11) is 0. The summed E-state index contributed by atoms with van der Waals surface area (Å²) >= 11 is 6.96. The summed E-state index contributed by atoms with van der Waals surface area (Å²) < 4.78 is 2.17. The number of hydrogen-bond donors (Lipinski definition) is 1. The molecule has 1 N–H and O–H groups in total. The van der Waals surface area contributed by atoms with Crippen LogP contribution in [0, 0.1) is 0 Å². The molecule has 0 aliphatic rings. The third-order valence-corrected chi connectivity index (χ3v) is 3.29. The van der Waals surface area contributed by atoms with E-state index in [9.17, 15) is 0 Å². The fourth-order valence-electron chi connectivity index (χ4n) is 1.31. The first-order valence-corrected chi connectivity index (χ1v) is 6.54. The zero-order valence-corrected chi connectivity index (χ0v) is 11.9. The van der Waals surface area contributed by atoms with Crippen LogP contribution in [0.25, 0.3) is 0 Å². The molecule has 0 aromatic heterocycles. The Morgan fingerprint density at radius 2 is 2.20 bits per heavy atom. The molecule has 0 bridgehead atoms. The lowest BCUT2D eigenvalue weighted by atomic mass is 10.1. The van der Waals surface area contributed by atoms with E-state index in [2.05, 4.69) is 56.7 Å². The van der Waals surface area contributed by atoms with Gasteiger partial charge in [-0.2, -0.15) is 0 Å². The van der Waals surface area contributed by atoms with Crippen LogP contribution >= 0.6 is 31.9 Å². The second-order valence-corrected chi connectivity index (χ2v) is 5.31. The van der Waals surface area contributed by atoms with Crippen molar-refractivity contribution in [1.29, 1.82) is 0 Å². The average molecular weight is 333 g/mol. The van der Waals surface area contributed by atoms with Gasteiger partial charge in [0.1, 0.15) is 0 Å². The molecule has 1 aromatic rings. The van der Waals surface area contributed by atoms with Gasteiger partial charge in [-0.15, -0.1) is 6.58 Å². The van der Waals surface area contributed by atoms with Crippen molar-refractivity contribution in [3.8, 4) is 0 Å². The molecule has 0 spiro atoms. The quantitative estimate of drug-likeness (QED) is 0.750. The Morgan fingerprint density at radius 1 is 1.47 bits per heavy atom. The highest BCUT2D eigenvalue weighted by Crippen LogP contribution is 2.27. The molecule has 1 nitrogen and oxygen atoms in total. The fourth-order valence-corrected chi connectivity index (χ4v) is 2.47. The largest absolute Gasteiger partial charge is 0.382 e. The predicted molar refractivity (Wildman–Crippen MR) is 74.4 cm³/mol. The Bertz CT molecular complexity index is 336. The van der Waals surface area contributed by atoms with Crippen molar-refractivity contribution < 1.29 is 0 Å². The lowest BCUT2D eigenvalue weighted by Crippen LogP contribution is -2.14. The Morgan fingerprint density at radius 3 is 2.80 bits per heavy atom. The molecule has 3 heteroatoms. The molecule has 0 heterocycles. The molecule has 1 unspecified atom stereocenters. The summed E-state index contributed by atoms with van der Waals surface area (Å²) in [5.41, 5.74) is 1.13. The highest BCUT2D eigenvalue weighted by molar-refractivity contribution is 9.11. The van der Waals surface area contributed by atoms with Crippen LogP contribution in [-0.4, -0.2) is 6.04 Å². The Labute approximate surface area is 108 Å². The first kappa shape index (κ1) is 12.8. The minimum absolute atomic E-state index is 0.459. The maximum absolute atomic E-state index is 3.73. The van der Waals surface area contributed by atoms with E-state index in [0.29, 0.717) is 6.04 Å². The molecule has 1 atom stereocenters. The van der Waals surface area contributed by atoms with Crippen LogP contribution in [0.4, 0.5) is 5.69 Å². The summed E-state index contributed by atoms with van der Waals surface area (Å²) in [5, 5.41) is 3.46. The summed E-state index contributed by atoms with van der Waals surface area (Å²) in [6.45, 7) is 5.90. The van der Waals surface area contributed by atoms with Gasteiger partial charge in [-0.05, 0) is 53.9 Å². The summed E-state index contributed by atoms with van der Waals surface area (Å²) in [4.78, 5) is 0. The Hall–Kier alpha value is -0.280. The minimum atomic E-state index is 0.459. The van der Waals surface area contributed by atoms with Crippen molar-refractivity contribution in [1.82, 2.24) is 0 Å². The SMILES string of the molecule is C=CCCC(C)Nc1ccc(Br)cc1Br. The van der Waals surface area contributed by atoms with Crippen molar-refractivity contribution in [2.45, 2.75) is 25.8 Å². The maximum atomic E-state index is 3.73. The Kier molecular flexibility index (Phi) is 5.40. The van der Waals surface area contributed by atoms with Crippen LogP contribution in [0.5, 0.6) is 0 Å². The van der Waals surface area contributed by atoms with Crippen molar-refractivity contribution >= 4 is 37.5 Å². The summed E-state index contributed by atoms with van der Waals surface area (Å²) in [6.07, 6.45) is 4.10. The van der Waals surface area contributed by atoms with E-state index in [1.165, 1.54) is 0 Å². The van der Waals surface area contributed by atoms with Gasteiger partial charge >= 0.3 is 0 Å². The van der Waals surface area contributed by atoms with Crippen LogP contribution in [0.3, 0.4) is 0 Å². The molecule has 15 heavy (non-hydrogen) atoms. The molecule has 0 amide bonds. The lowest BCUT2D eigenvalue weighted by molar-refractivity contribution is 0.718.